The molecule has 1 aliphatic carbocycles. The number of hydrogen-bond acceptors (Lipinski definition) is 2. The zero-order valence-electron chi connectivity index (χ0n) is 11.8. The summed E-state index contributed by atoms with van der Waals surface area (Å²) >= 11 is 0. The molecule has 0 bridgehead atoms. The number of hydrogen-bond donors (Lipinski definition) is 0. The molecule has 1 fully saturated rings. The quantitative estimate of drug-likeness (QED) is 0.805. The molecule has 0 N–H and O–H groups in total. The van der Waals surface area contributed by atoms with Gasteiger partial charge in [0.1, 0.15) is 0 Å². The van der Waals surface area contributed by atoms with Crippen molar-refractivity contribution in [3.8, 4) is 0 Å². The highest BCUT2D eigenvalue weighted by atomic mass is 16.9. The van der Waals surface area contributed by atoms with Gasteiger partial charge in [-0.25, -0.2) is 0 Å². The van der Waals surface area contributed by atoms with Gasteiger partial charge >= 0.3 is 0 Å². The zero-order valence-corrected chi connectivity index (χ0v) is 11.8. The summed E-state index contributed by atoms with van der Waals surface area (Å²) in [6.45, 7) is 4.17. The maximum Gasteiger partial charge on any atom is 0.178 e. The molecule has 0 saturated carbocycles. The number of ether oxygens (including phenoxy) is 2. The van der Waals surface area contributed by atoms with E-state index >= 15 is 0 Å². The van der Waals surface area contributed by atoms with Gasteiger partial charge in [-0.3, -0.25) is 0 Å². The van der Waals surface area contributed by atoms with Crippen LogP contribution in [0.2, 0.25) is 0 Å². The van der Waals surface area contributed by atoms with E-state index in [1.807, 2.05) is 6.92 Å². The van der Waals surface area contributed by atoms with Crippen molar-refractivity contribution in [2.75, 3.05) is 0 Å². The van der Waals surface area contributed by atoms with Crippen LogP contribution in [0, 0.1) is 0 Å². The molecule has 1 saturated heterocycles. The Labute approximate surface area is 115 Å². The van der Waals surface area contributed by atoms with Gasteiger partial charge in [-0.15, -0.1) is 0 Å². The van der Waals surface area contributed by atoms with Crippen molar-refractivity contribution in [2.45, 2.75) is 58.0 Å². The van der Waals surface area contributed by atoms with Crippen LogP contribution in [0.1, 0.15) is 50.7 Å². The first-order chi connectivity index (χ1) is 9.21. The Balaban J connectivity index is 1.68. The third-order valence-electron chi connectivity index (χ3n) is 4.06. The smallest absolute Gasteiger partial charge is 0.178 e. The Morgan fingerprint density at radius 2 is 1.95 bits per heavy atom. The molecule has 1 aliphatic heterocycles. The van der Waals surface area contributed by atoms with E-state index in [0.29, 0.717) is 0 Å². The van der Waals surface area contributed by atoms with Crippen molar-refractivity contribution < 1.29 is 9.47 Å². The fourth-order valence-corrected chi connectivity index (χ4v) is 3.07. The van der Waals surface area contributed by atoms with Gasteiger partial charge in [0.25, 0.3) is 0 Å². The zero-order chi connectivity index (χ0) is 13.3. The molecule has 0 aromatic heterocycles. The van der Waals surface area contributed by atoms with Crippen LogP contribution < -0.4 is 0 Å². The molecular formula is C17H22O2. The van der Waals surface area contributed by atoms with E-state index in [1.165, 1.54) is 29.5 Å². The first-order valence-corrected chi connectivity index (χ1v) is 7.35. The largest absolute Gasteiger partial charge is 0.321 e. The fourth-order valence-electron chi connectivity index (χ4n) is 3.07. The minimum atomic E-state index is -0.301. The third-order valence-corrected chi connectivity index (χ3v) is 4.06. The van der Waals surface area contributed by atoms with Crippen molar-refractivity contribution in [3.05, 3.63) is 41.5 Å². The molecule has 1 heterocycles. The molecule has 0 radical (unpaired) electrons. The van der Waals surface area contributed by atoms with E-state index in [4.69, 9.17) is 9.47 Å². The van der Waals surface area contributed by atoms with Crippen LogP contribution in [0.15, 0.2) is 30.3 Å². The number of benzene rings is 1. The van der Waals surface area contributed by atoms with E-state index in [2.05, 4.69) is 37.3 Å². The molecular weight excluding hydrogens is 236 g/mol. The lowest BCUT2D eigenvalue weighted by molar-refractivity contribution is -0.446. The summed E-state index contributed by atoms with van der Waals surface area (Å²) in [5.74, 6) is -0.301. The summed E-state index contributed by atoms with van der Waals surface area (Å²) < 4.78 is 11.5. The van der Waals surface area contributed by atoms with E-state index in [-0.39, 0.29) is 12.1 Å². The van der Waals surface area contributed by atoms with Crippen molar-refractivity contribution in [3.63, 3.8) is 0 Å². The number of allylic oxidation sites excluding steroid dienone is 1. The summed E-state index contributed by atoms with van der Waals surface area (Å²) in [7, 11) is 0. The second-order valence-electron chi connectivity index (χ2n) is 5.59. The second-order valence-corrected chi connectivity index (χ2v) is 5.59. The average molecular weight is 258 g/mol. The molecule has 1 aromatic rings. The highest BCUT2D eigenvalue weighted by Crippen LogP contribution is 2.42. The molecule has 3 rings (SSSR count). The Morgan fingerprint density at radius 1 is 1.21 bits per heavy atom. The topological polar surface area (TPSA) is 18.5 Å². The van der Waals surface area contributed by atoms with E-state index in [9.17, 15) is 0 Å². The monoisotopic (exact) mass is 258 g/mol. The van der Waals surface area contributed by atoms with Crippen LogP contribution in [0.3, 0.4) is 0 Å². The summed E-state index contributed by atoms with van der Waals surface area (Å²) in [4.78, 5) is 0. The summed E-state index contributed by atoms with van der Waals surface area (Å²) in [6, 6.07) is 9.00. The van der Waals surface area contributed by atoms with Gasteiger partial charge in [-0.1, -0.05) is 43.7 Å². The predicted molar refractivity (Wildman–Crippen MR) is 76.6 cm³/mol. The summed E-state index contributed by atoms with van der Waals surface area (Å²) in [5, 5.41) is 0. The highest BCUT2D eigenvalue weighted by molar-refractivity contribution is 5.66. The van der Waals surface area contributed by atoms with Gasteiger partial charge in [0.15, 0.2) is 12.1 Å². The highest BCUT2D eigenvalue weighted by Gasteiger charge is 2.45. The van der Waals surface area contributed by atoms with Crippen LogP contribution >= 0.6 is 0 Å². The van der Waals surface area contributed by atoms with Gasteiger partial charge in [-0.05, 0) is 36.5 Å². The van der Waals surface area contributed by atoms with E-state index < -0.39 is 0 Å². The van der Waals surface area contributed by atoms with Crippen LogP contribution in [-0.4, -0.2) is 12.1 Å². The van der Waals surface area contributed by atoms with E-state index in [1.54, 1.807) is 0 Å². The molecule has 0 amide bonds. The lowest BCUT2D eigenvalue weighted by atomic mass is 9.88. The Hall–Kier alpha value is -1.12. The Bertz CT molecular complexity index is 467. The molecule has 0 atom stereocenters. The van der Waals surface area contributed by atoms with Crippen LogP contribution in [0.5, 0.6) is 0 Å². The first kappa shape index (κ1) is 12.9. The van der Waals surface area contributed by atoms with Gasteiger partial charge in [0, 0.05) is 12.8 Å². The van der Waals surface area contributed by atoms with Crippen LogP contribution in [0.4, 0.5) is 0 Å². The van der Waals surface area contributed by atoms with Crippen molar-refractivity contribution in [1.82, 2.24) is 0 Å². The van der Waals surface area contributed by atoms with E-state index in [0.717, 1.165) is 19.3 Å². The van der Waals surface area contributed by atoms with Crippen LogP contribution in [0.25, 0.3) is 5.57 Å². The Kier molecular flexibility index (Phi) is 3.46. The maximum atomic E-state index is 5.74. The average Bonchev–Trinajstić information content (AvgIpc) is 2.40. The van der Waals surface area contributed by atoms with Crippen molar-refractivity contribution in [1.29, 1.82) is 0 Å². The second kappa shape index (κ2) is 5.10. The maximum absolute atomic E-state index is 5.74. The summed E-state index contributed by atoms with van der Waals surface area (Å²) in [5.41, 5.74) is 4.21. The lowest BCUT2D eigenvalue weighted by Gasteiger charge is -2.47. The SMILES string of the molecule is CCCc1ccc(C2=CCC3(CC2)OC(C)O3)cc1. The molecule has 0 unspecified atom stereocenters. The molecule has 2 aliphatic rings. The minimum Gasteiger partial charge on any atom is -0.321 e. The lowest BCUT2D eigenvalue weighted by Crippen LogP contribution is -2.52. The molecule has 1 spiro atoms. The minimum absolute atomic E-state index is 0.0247. The Morgan fingerprint density at radius 3 is 2.47 bits per heavy atom. The van der Waals surface area contributed by atoms with Gasteiger partial charge in [0.05, 0.1) is 0 Å². The standard InChI is InChI=1S/C17H22O2/c1-3-4-14-5-7-15(8-6-14)16-9-11-17(12-10-16)18-13(2)19-17/h5-9,13H,3-4,10-12H2,1-2H3. The van der Waals surface area contributed by atoms with Gasteiger partial charge < -0.3 is 9.47 Å². The van der Waals surface area contributed by atoms with Crippen LogP contribution in [-0.2, 0) is 15.9 Å². The number of aryl methyl sites for hydroxylation is 1. The van der Waals surface area contributed by atoms with Crippen molar-refractivity contribution >= 4 is 5.57 Å². The van der Waals surface area contributed by atoms with Gasteiger partial charge in [-0.2, -0.15) is 0 Å². The number of rotatable bonds is 3. The normalized spacial score (nSPS) is 30.0. The van der Waals surface area contributed by atoms with Gasteiger partial charge in [0.2, 0.25) is 0 Å². The third kappa shape index (κ3) is 2.60. The fraction of sp³-hybridized carbons (Fsp3) is 0.529. The molecule has 1 aromatic carbocycles. The predicted octanol–water partition coefficient (Wildman–Crippen LogP) is 4.30. The molecule has 2 nitrogen and oxygen atoms in total. The summed E-state index contributed by atoms with van der Waals surface area (Å²) in [6.07, 6.45) is 7.52. The molecule has 2 heteroatoms. The first-order valence-electron chi connectivity index (χ1n) is 7.35. The van der Waals surface area contributed by atoms with Crippen molar-refractivity contribution in [2.24, 2.45) is 0 Å². The molecule has 102 valence electrons. The molecule has 19 heavy (non-hydrogen) atoms.